The molecule has 1 aliphatic carbocycles. The Kier molecular flexibility index (Phi) is 5.31. The Balaban J connectivity index is 2.12. The second-order valence-electron chi connectivity index (χ2n) is 4.83. The van der Waals surface area contributed by atoms with Gasteiger partial charge in [0.1, 0.15) is 0 Å². The molecule has 1 N–H and O–H groups in total. The second-order valence-corrected chi connectivity index (χ2v) is 5.65. The molecule has 0 saturated heterocycles. The summed E-state index contributed by atoms with van der Waals surface area (Å²) in [4.78, 5) is 2.31. The molecule has 0 aromatic heterocycles. The Hall–Kier alpha value is -0.280. The number of benzene rings is 1. The lowest BCUT2D eigenvalue weighted by molar-refractivity contribution is 0.145. The number of halogens is 2. The van der Waals surface area contributed by atoms with Gasteiger partial charge in [-0.15, -0.1) is 0 Å². The van der Waals surface area contributed by atoms with Crippen molar-refractivity contribution in [3.05, 3.63) is 33.8 Å². The van der Waals surface area contributed by atoms with Gasteiger partial charge in [-0.05, 0) is 25.0 Å². The molecule has 4 heteroatoms. The molecule has 1 aliphatic rings. The van der Waals surface area contributed by atoms with Gasteiger partial charge in [0.05, 0.1) is 6.61 Å². The fourth-order valence-corrected chi connectivity index (χ4v) is 3.19. The van der Waals surface area contributed by atoms with E-state index < -0.39 is 0 Å². The van der Waals surface area contributed by atoms with E-state index in [1.165, 1.54) is 25.7 Å². The van der Waals surface area contributed by atoms with Gasteiger partial charge >= 0.3 is 0 Å². The largest absolute Gasteiger partial charge is 0.395 e. The van der Waals surface area contributed by atoms with Crippen molar-refractivity contribution >= 4 is 23.2 Å². The van der Waals surface area contributed by atoms with Gasteiger partial charge < -0.3 is 5.11 Å². The average molecular weight is 288 g/mol. The van der Waals surface area contributed by atoms with Crippen molar-refractivity contribution in [3.8, 4) is 0 Å². The molecule has 0 radical (unpaired) electrons. The molecule has 1 aromatic rings. The van der Waals surface area contributed by atoms with Gasteiger partial charge in [0, 0.05) is 34.7 Å². The molecule has 18 heavy (non-hydrogen) atoms. The zero-order valence-corrected chi connectivity index (χ0v) is 11.9. The zero-order valence-electron chi connectivity index (χ0n) is 10.4. The zero-order chi connectivity index (χ0) is 13.0. The quantitative estimate of drug-likeness (QED) is 0.892. The highest BCUT2D eigenvalue weighted by Crippen LogP contribution is 2.29. The lowest BCUT2D eigenvalue weighted by Gasteiger charge is -2.28. The van der Waals surface area contributed by atoms with Crippen LogP contribution in [0.5, 0.6) is 0 Å². The first-order valence-electron chi connectivity index (χ1n) is 6.50. The fourth-order valence-electron chi connectivity index (χ4n) is 2.68. The molecule has 2 rings (SSSR count). The topological polar surface area (TPSA) is 23.5 Å². The van der Waals surface area contributed by atoms with Gasteiger partial charge in [-0.2, -0.15) is 0 Å². The molecule has 0 unspecified atom stereocenters. The average Bonchev–Trinajstić information content (AvgIpc) is 2.86. The summed E-state index contributed by atoms with van der Waals surface area (Å²) in [6, 6.07) is 6.16. The monoisotopic (exact) mass is 287 g/mol. The van der Waals surface area contributed by atoms with Crippen LogP contribution in [0.2, 0.25) is 10.0 Å². The van der Waals surface area contributed by atoms with Gasteiger partial charge in [-0.3, -0.25) is 4.90 Å². The van der Waals surface area contributed by atoms with E-state index >= 15 is 0 Å². The first-order valence-corrected chi connectivity index (χ1v) is 7.25. The van der Waals surface area contributed by atoms with Gasteiger partial charge in [0.2, 0.25) is 0 Å². The van der Waals surface area contributed by atoms with Crippen molar-refractivity contribution in [1.29, 1.82) is 0 Å². The third-order valence-corrected chi connectivity index (χ3v) is 4.36. The highest BCUT2D eigenvalue weighted by molar-refractivity contribution is 6.35. The molecule has 100 valence electrons. The van der Waals surface area contributed by atoms with E-state index in [2.05, 4.69) is 4.90 Å². The van der Waals surface area contributed by atoms with E-state index in [1.807, 2.05) is 18.2 Å². The smallest absolute Gasteiger partial charge is 0.0558 e. The van der Waals surface area contributed by atoms with Crippen molar-refractivity contribution in [2.45, 2.75) is 38.3 Å². The molecule has 1 aromatic carbocycles. The molecule has 0 aliphatic heterocycles. The van der Waals surface area contributed by atoms with E-state index in [0.29, 0.717) is 22.6 Å². The van der Waals surface area contributed by atoms with Gasteiger partial charge in [0.25, 0.3) is 0 Å². The first-order chi connectivity index (χ1) is 8.72. The summed E-state index contributed by atoms with van der Waals surface area (Å²) in [7, 11) is 0. The number of hydrogen-bond donors (Lipinski definition) is 1. The maximum Gasteiger partial charge on any atom is 0.0558 e. The summed E-state index contributed by atoms with van der Waals surface area (Å²) in [5.74, 6) is 0. The molecule has 0 amide bonds. The van der Waals surface area contributed by atoms with Gasteiger partial charge in [-0.1, -0.05) is 42.1 Å². The van der Waals surface area contributed by atoms with Crippen LogP contribution in [0.15, 0.2) is 18.2 Å². The Bertz CT molecular complexity index is 371. The van der Waals surface area contributed by atoms with Crippen LogP contribution in [0, 0.1) is 0 Å². The van der Waals surface area contributed by atoms with Crippen molar-refractivity contribution in [1.82, 2.24) is 4.90 Å². The normalized spacial score (nSPS) is 16.7. The highest BCUT2D eigenvalue weighted by atomic mass is 35.5. The van der Waals surface area contributed by atoms with E-state index in [1.54, 1.807) is 0 Å². The van der Waals surface area contributed by atoms with Gasteiger partial charge in [-0.25, -0.2) is 0 Å². The number of nitrogens with zero attached hydrogens (tertiary/aromatic N) is 1. The minimum atomic E-state index is 0.179. The minimum Gasteiger partial charge on any atom is -0.395 e. The van der Waals surface area contributed by atoms with E-state index in [-0.39, 0.29) is 6.61 Å². The molecule has 0 atom stereocenters. The van der Waals surface area contributed by atoms with Gasteiger partial charge in [0.15, 0.2) is 0 Å². The summed E-state index contributed by atoms with van der Waals surface area (Å²) in [5, 5.41) is 10.6. The van der Waals surface area contributed by atoms with E-state index in [9.17, 15) is 5.11 Å². The van der Waals surface area contributed by atoms with Crippen molar-refractivity contribution in [2.24, 2.45) is 0 Å². The predicted molar refractivity (Wildman–Crippen MR) is 76.2 cm³/mol. The maximum absolute atomic E-state index is 9.21. The maximum atomic E-state index is 9.21. The van der Waals surface area contributed by atoms with Crippen LogP contribution in [0.25, 0.3) is 0 Å². The Morgan fingerprint density at radius 1 is 1.17 bits per heavy atom. The highest BCUT2D eigenvalue weighted by Gasteiger charge is 2.23. The van der Waals surface area contributed by atoms with Crippen LogP contribution >= 0.6 is 23.2 Å². The molecule has 0 spiro atoms. The molecule has 0 heterocycles. The summed E-state index contributed by atoms with van der Waals surface area (Å²) < 4.78 is 0. The van der Waals surface area contributed by atoms with Crippen LogP contribution in [-0.4, -0.2) is 29.2 Å². The van der Waals surface area contributed by atoms with Crippen LogP contribution in [0.1, 0.15) is 31.2 Å². The Morgan fingerprint density at radius 2 is 1.78 bits per heavy atom. The standard InChI is InChI=1S/C14H19Cl2NO/c15-13-6-3-7-14(16)12(13)10-17(8-9-18)11-4-1-2-5-11/h3,6-7,11,18H,1-2,4-5,8-10H2. The van der Waals surface area contributed by atoms with E-state index in [0.717, 1.165) is 12.1 Å². The number of aliphatic hydroxyl groups is 1. The Labute approximate surface area is 119 Å². The van der Waals surface area contributed by atoms with Crippen LogP contribution in [0.4, 0.5) is 0 Å². The van der Waals surface area contributed by atoms with E-state index in [4.69, 9.17) is 23.2 Å². The Morgan fingerprint density at radius 3 is 2.33 bits per heavy atom. The first kappa shape index (κ1) is 14.1. The van der Waals surface area contributed by atoms with Crippen molar-refractivity contribution in [2.75, 3.05) is 13.2 Å². The molecular formula is C14H19Cl2NO. The van der Waals surface area contributed by atoms with Crippen molar-refractivity contribution < 1.29 is 5.11 Å². The number of hydrogen-bond acceptors (Lipinski definition) is 2. The summed E-state index contributed by atoms with van der Waals surface area (Å²) in [6.07, 6.45) is 4.98. The van der Waals surface area contributed by atoms with Crippen LogP contribution in [0.3, 0.4) is 0 Å². The lowest BCUT2D eigenvalue weighted by Crippen LogP contribution is -2.35. The molecule has 1 saturated carbocycles. The SMILES string of the molecule is OCCN(Cc1c(Cl)cccc1Cl)C1CCCC1. The molecular weight excluding hydrogens is 269 g/mol. The lowest BCUT2D eigenvalue weighted by atomic mass is 10.1. The molecule has 2 nitrogen and oxygen atoms in total. The van der Waals surface area contributed by atoms with Crippen LogP contribution in [-0.2, 0) is 6.54 Å². The van der Waals surface area contributed by atoms with Crippen molar-refractivity contribution in [3.63, 3.8) is 0 Å². The fraction of sp³-hybridized carbons (Fsp3) is 0.571. The molecule has 0 bridgehead atoms. The van der Waals surface area contributed by atoms with Crippen LogP contribution < -0.4 is 0 Å². The third-order valence-electron chi connectivity index (χ3n) is 3.65. The number of rotatable bonds is 5. The second kappa shape index (κ2) is 6.76. The minimum absolute atomic E-state index is 0.179. The summed E-state index contributed by atoms with van der Waals surface area (Å²) in [5.41, 5.74) is 0.973. The summed E-state index contributed by atoms with van der Waals surface area (Å²) in [6.45, 7) is 1.59. The predicted octanol–water partition coefficient (Wildman–Crippen LogP) is 3.73. The molecule has 1 fully saturated rings. The summed E-state index contributed by atoms with van der Waals surface area (Å²) >= 11 is 12.4. The number of aliphatic hydroxyl groups excluding tert-OH is 1. The third kappa shape index (κ3) is 3.39.